The summed E-state index contributed by atoms with van der Waals surface area (Å²) in [4.78, 5) is 13.7. The number of unbranched alkanes of at least 4 members (excludes halogenated alkanes) is 1. The fraction of sp³-hybridized carbons (Fsp3) is 0.562. The molecular formula is C16H26N2O2. The van der Waals surface area contributed by atoms with Crippen molar-refractivity contribution in [1.82, 2.24) is 5.32 Å². The van der Waals surface area contributed by atoms with Gasteiger partial charge in [0.25, 0.3) is 0 Å². The van der Waals surface area contributed by atoms with Crippen molar-refractivity contribution >= 4 is 11.6 Å². The average Bonchev–Trinajstić information content (AvgIpc) is 2.49. The van der Waals surface area contributed by atoms with Crippen LogP contribution in [0.4, 0.5) is 5.69 Å². The van der Waals surface area contributed by atoms with Gasteiger partial charge in [0.15, 0.2) is 0 Å². The standard InChI is InChI=1S/C16H26N2O2/c1-4-5-6-14-7-9-15(10-8-14)18(2)16(19)13-17-11-12-20-3/h7-10,17H,4-6,11-13H2,1-3H3. The number of carbonyl (C=O) groups excluding carboxylic acids is 1. The highest BCUT2D eigenvalue weighted by atomic mass is 16.5. The van der Waals surface area contributed by atoms with Crippen molar-refractivity contribution < 1.29 is 9.53 Å². The Morgan fingerprint density at radius 1 is 1.30 bits per heavy atom. The molecule has 4 nitrogen and oxygen atoms in total. The molecule has 0 saturated heterocycles. The Balaban J connectivity index is 2.45. The van der Waals surface area contributed by atoms with Gasteiger partial charge in [-0.05, 0) is 30.5 Å². The van der Waals surface area contributed by atoms with Gasteiger partial charge in [-0.1, -0.05) is 25.5 Å². The van der Waals surface area contributed by atoms with E-state index in [4.69, 9.17) is 4.74 Å². The van der Waals surface area contributed by atoms with Gasteiger partial charge in [0, 0.05) is 26.4 Å². The maximum absolute atomic E-state index is 12.0. The smallest absolute Gasteiger partial charge is 0.240 e. The number of carbonyl (C=O) groups is 1. The normalized spacial score (nSPS) is 10.6. The largest absolute Gasteiger partial charge is 0.383 e. The number of aryl methyl sites for hydroxylation is 1. The number of hydrogen-bond donors (Lipinski definition) is 1. The molecule has 0 aliphatic heterocycles. The van der Waals surface area contributed by atoms with Crippen LogP contribution in [-0.2, 0) is 16.0 Å². The van der Waals surface area contributed by atoms with Crippen LogP contribution in [0, 0.1) is 0 Å². The second-order valence-corrected chi connectivity index (χ2v) is 4.89. The SMILES string of the molecule is CCCCc1ccc(N(C)C(=O)CNCCOC)cc1. The Bertz CT molecular complexity index is 390. The number of methoxy groups -OCH3 is 1. The van der Waals surface area contributed by atoms with Gasteiger partial charge in [0.2, 0.25) is 5.91 Å². The molecule has 1 amide bonds. The first-order valence-corrected chi connectivity index (χ1v) is 7.24. The van der Waals surface area contributed by atoms with E-state index in [1.54, 1.807) is 19.1 Å². The van der Waals surface area contributed by atoms with Crippen molar-refractivity contribution in [1.29, 1.82) is 0 Å². The number of nitrogens with zero attached hydrogens (tertiary/aromatic N) is 1. The topological polar surface area (TPSA) is 41.6 Å². The summed E-state index contributed by atoms with van der Waals surface area (Å²) in [5, 5.41) is 3.06. The van der Waals surface area contributed by atoms with Crippen LogP contribution in [0.3, 0.4) is 0 Å². The monoisotopic (exact) mass is 278 g/mol. The predicted molar refractivity (Wildman–Crippen MR) is 83.2 cm³/mol. The third-order valence-corrected chi connectivity index (χ3v) is 3.28. The quantitative estimate of drug-likeness (QED) is 0.704. The van der Waals surface area contributed by atoms with Gasteiger partial charge in [-0.25, -0.2) is 0 Å². The van der Waals surface area contributed by atoms with Crippen LogP contribution >= 0.6 is 0 Å². The number of nitrogens with one attached hydrogen (secondary N) is 1. The van der Waals surface area contributed by atoms with Gasteiger partial charge in [0.05, 0.1) is 13.2 Å². The molecule has 20 heavy (non-hydrogen) atoms. The van der Waals surface area contributed by atoms with Crippen LogP contribution in [0.2, 0.25) is 0 Å². The summed E-state index contributed by atoms with van der Waals surface area (Å²) in [6.07, 6.45) is 3.51. The van der Waals surface area contributed by atoms with Crippen LogP contribution in [-0.4, -0.2) is 39.8 Å². The molecule has 1 rings (SSSR count). The zero-order valence-electron chi connectivity index (χ0n) is 12.8. The Kier molecular flexibility index (Phi) is 7.92. The van der Waals surface area contributed by atoms with E-state index >= 15 is 0 Å². The van der Waals surface area contributed by atoms with Gasteiger partial charge >= 0.3 is 0 Å². The van der Waals surface area contributed by atoms with Crippen LogP contribution in [0.1, 0.15) is 25.3 Å². The summed E-state index contributed by atoms with van der Waals surface area (Å²) < 4.78 is 4.93. The van der Waals surface area contributed by atoms with Gasteiger partial charge in [-0.15, -0.1) is 0 Å². The van der Waals surface area contributed by atoms with Crippen molar-refractivity contribution in [3.05, 3.63) is 29.8 Å². The fourth-order valence-corrected chi connectivity index (χ4v) is 1.90. The number of amides is 1. The molecule has 0 fully saturated rings. The van der Waals surface area contributed by atoms with E-state index in [0.717, 1.165) is 12.1 Å². The van der Waals surface area contributed by atoms with Crippen molar-refractivity contribution in [2.24, 2.45) is 0 Å². The van der Waals surface area contributed by atoms with Crippen LogP contribution in [0.5, 0.6) is 0 Å². The van der Waals surface area contributed by atoms with E-state index in [1.807, 2.05) is 12.1 Å². The molecule has 1 aromatic rings. The second kappa shape index (κ2) is 9.50. The minimum atomic E-state index is 0.0578. The molecule has 0 saturated carbocycles. The second-order valence-electron chi connectivity index (χ2n) is 4.89. The third kappa shape index (κ3) is 5.72. The molecule has 1 aromatic carbocycles. The molecule has 0 aromatic heterocycles. The van der Waals surface area contributed by atoms with E-state index in [-0.39, 0.29) is 5.91 Å². The average molecular weight is 278 g/mol. The van der Waals surface area contributed by atoms with Crippen LogP contribution < -0.4 is 10.2 Å². The van der Waals surface area contributed by atoms with Crippen molar-refractivity contribution in [2.45, 2.75) is 26.2 Å². The van der Waals surface area contributed by atoms with Crippen molar-refractivity contribution in [3.8, 4) is 0 Å². The number of hydrogen-bond acceptors (Lipinski definition) is 3. The molecule has 0 aliphatic rings. The number of benzene rings is 1. The zero-order valence-corrected chi connectivity index (χ0v) is 12.8. The summed E-state index contributed by atoms with van der Waals surface area (Å²) in [5.74, 6) is 0.0578. The molecular weight excluding hydrogens is 252 g/mol. The fourth-order valence-electron chi connectivity index (χ4n) is 1.90. The minimum absolute atomic E-state index is 0.0578. The highest BCUT2D eigenvalue weighted by Crippen LogP contribution is 2.15. The Labute approximate surface area is 122 Å². The lowest BCUT2D eigenvalue weighted by Crippen LogP contribution is -2.36. The summed E-state index contributed by atoms with van der Waals surface area (Å²) in [7, 11) is 3.46. The molecule has 4 heteroatoms. The third-order valence-electron chi connectivity index (χ3n) is 3.28. The van der Waals surface area contributed by atoms with E-state index in [9.17, 15) is 4.79 Å². The van der Waals surface area contributed by atoms with E-state index in [2.05, 4.69) is 24.4 Å². The molecule has 0 heterocycles. The molecule has 1 N–H and O–H groups in total. The Morgan fingerprint density at radius 3 is 2.60 bits per heavy atom. The maximum atomic E-state index is 12.0. The van der Waals surface area contributed by atoms with Gasteiger partial charge in [0.1, 0.15) is 0 Å². The number of ether oxygens (including phenoxy) is 1. The first kappa shape index (κ1) is 16.7. The van der Waals surface area contributed by atoms with E-state index < -0.39 is 0 Å². The Hall–Kier alpha value is -1.39. The van der Waals surface area contributed by atoms with E-state index in [1.165, 1.54) is 18.4 Å². The summed E-state index contributed by atoms with van der Waals surface area (Å²) in [6, 6.07) is 8.23. The lowest BCUT2D eigenvalue weighted by atomic mass is 10.1. The Morgan fingerprint density at radius 2 is 2.00 bits per heavy atom. The first-order chi connectivity index (χ1) is 9.69. The molecule has 0 unspecified atom stereocenters. The zero-order chi connectivity index (χ0) is 14.8. The predicted octanol–water partition coefficient (Wildman–Crippen LogP) is 2.23. The van der Waals surface area contributed by atoms with Crippen LogP contribution in [0.25, 0.3) is 0 Å². The summed E-state index contributed by atoms with van der Waals surface area (Å²) in [5.41, 5.74) is 2.26. The molecule has 0 atom stereocenters. The lowest BCUT2D eigenvalue weighted by Gasteiger charge is -2.18. The lowest BCUT2D eigenvalue weighted by molar-refractivity contribution is -0.117. The molecule has 0 spiro atoms. The van der Waals surface area contributed by atoms with Crippen molar-refractivity contribution in [2.75, 3.05) is 38.8 Å². The molecule has 112 valence electrons. The first-order valence-electron chi connectivity index (χ1n) is 7.24. The molecule has 0 radical (unpaired) electrons. The minimum Gasteiger partial charge on any atom is -0.383 e. The van der Waals surface area contributed by atoms with Crippen molar-refractivity contribution in [3.63, 3.8) is 0 Å². The summed E-state index contributed by atoms with van der Waals surface area (Å²) in [6.45, 7) is 3.82. The van der Waals surface area contributed by atoms with Gasteiger partial charge in [-0.3, -0.25) is 4.79 Å². The maximum Gasteiger partial charge on any atom is 0.240 e. The highest BCUT2D eigenvalue weighted by molar-refractivity contribution is 5.94. The van der Waals surface area contributed by atoms with Gasteiger partial charge < -0.3 is 15.0 Å². The number of anilines is 1. The number of rotatable bonds is 9. The highest BCUT2D eigenvalue weighted by Gasteiger charge is 2.09. The van der Waals surface area contributed by atoms with E-state index in [0.29, 0.717) is 19.7 Å². The van der Waals surface area contributed by atoms with Gasteiger partial charge in [-0.2, -0.15) is 0 Å². The van der Waals surface area contributed by atoms with Crippen LogP contribution in [0.15, 0.2) is 24.3 Å². The number of likely N-dealkylation sites (N-methyl/N-ethyl adjacent to an activating group) is 1. The molecule has 0 bridgehead atoms. The summed E-state index contributed by atoms with van der Waals surface area (Å²) >= 11 is 0. The molecule has 0 aliphatic carbocycles.